The van der Waals surface area contributed by atoms with Crippen molar-refractivity contribution in [2.45, 2.75) is 12.5 Å². The van der Waals surface area contributed by atoms with Gasteiger partial charge in [-0.3, -0.25) is 0 Å². The minimum atomic E-state index is -0.410. The van der Waals surface area contributed by atoms with Gasteiger partial charge in [-0.05, 0) is 13.0 Å². The smallest absolute Gasteiger partial charge is 0.105 e. The van der Waals surface area contributed by atoms with Gasteiger partial charge in [-0.25, -0.2) is 0 Å². The third-order valence-corrected chi connectivity index (χ3v) is 1.97. The van der Waals surface area contributed by atoms with Gasteiger partial charge >= 0.3 is 0 Å². The third-order valence-electron chi connectivity index (χ3n) is 1.97. The number of nitrogens with two attached hydrogens (primary N) is 1. The summed E-state index contributed by atoms with van der Waals surface area (Å²) in [7, 11) is 1.64. The Labute approximate surface area is 66.1 Å². The molecule has 1 rings (SSSR count). The number of methoxy groups -OCH3 is 1. The molecule has 0 aliphatic carbocycles. The van der Waals surface area contributed by atoms with Crippen molar-refractivity contribution in [2.24, 2.45) is 5.73 Å². The SMILES string of the molecule is COC(C)(CN)c1ccoc1. The van der Waals surface area contributed by atoms with Crippen molar-refractivity contribution >= 4 is 0 Å². The molecule has 0 saturated heterocycles. The number of furan rings is 1. The average molecular weight is 155 g/mol. The maximum absolute atomic E-state index is 5.54. The molecule has 0 aliphatic heterocycles. The normalized spacial score (nSPS) is 16.3. The number of hydrogen-bond donors (Lipinski definition) is 1. The molecule has 1 unspecified atom stereocenters. The first-order valence-electron chi connectivity index (χ1n) is 3.51. The molecule has 0 fully saturated rings. The largest absolute Gasteiger partial charge is 0.472 e. The fraction of sp³-hybridized carbons (Fsp3) is 0.500. The highest BCUT2D eigenvalue weighted by molar-refractivity contribution is 5.15. The molecule has 11 heavy (non-hydrogen) atoms. The van der Waals surface area contributed by atoms with Gasteiger partial charge in [0.15, 0.2) is 0 Å². The molecule has 2 N–H and O–H groups in total. The first kappa shape index (κ1) is 8.30. The minimum Gasteiger partial charge on any atom is -0.472 e. The fourth-order valence-corrected chi connectivity index (χ4v) is 0.884. The van der Waals surface area contributed by atoms with Gasteiger partial charge in [0.25, 0.3) is 0 Å². The molecular weight excluding hydrogens is 142 g/mol. The Hall–Kier alpha value is -0.800. The van der Waals surface area contributed by atoms with Gasteiger partial charge in [-0.1, -0.05) is 0 Å². The molecule has 1 aromatic rings. The van der Waals surface area contributed by atoms with Crippen molar-refractivity contribution in [3.05, 3.63) is 24.2 Å². The molecule has 1 atom stereocenters. The van der Waals surface area contributed by atoms with E-state index in [4.69, 9.17) is 14.9 Å². The van der Waals surface area contributed by atoms with E-state index < -0.39 is 5.60 Å². The minimum absolute atomic E-state index is 0.410. The Morgan fingerprint density at radius 1 is 1.73 bits per heavy atom. The maximum Gasteiger partial charge on any atom is 0.105 e. The lowest BCUT2D eigenvalue weighted by atomic mass is 9.99. The molecular formula is C8H13NO2. The average Bonchev–Trinajstić information content (AvgIpc) is 2.55. The lowest BCUT2D eigenvalue weighted by molar-refractivity contribution is 0.00962. The number of hydrogen-bond acceptors (Lipinski definition) is 3. The van der Waals surface area contributed by atoms with Gasteiger partial charge < -0.3 is 14.9 Å². The first-order chi connectivity index (χ1) is 5.23. The molecule has 0 spiro atoms. The summed E-state index contributed by atoms with van der Waals surface area (Å²) in [6.45, 7) is 2.38. The summed E-state index contributed by atoms with van der Waals surface area (Å²) >= 11 is 0. The Balaban J connectivity index is 2.87. The summed E-state index contributed by atoms with van der Waals surface area (Å²) in [6, 6.07) is 1.86. The van der Waals surface area contributed by atoms with Crippen LogP contribution in [-0.4, -0.2) is 13.7 Å². The van der Waals surface area contributed by atoms with Crippen LogP contribution in [0, 0.1) is 0 Å². The molecule has 0 saturated carbocycles. The van der Waals surface area contributed by atoms with Crippen molar-refractivity contribution in [1.29, 1.82) is 0 Å². The number of rotatable bonds is 3. The van der Waals surface area contributed by atoms with E-state index in [0.717, 1.165) is 5.56 Å². The second-order valence-electron chi connectivity index (χ2n) is 2.65. The number of ether oxygens (including phenoxy) is 1. The molecule has 0 amide bonds. The Kier molecular flexibility index (Phi) is 2.31. The lowest BCUT2D eigenvalue weighted by Crippen LogP contribution is -2.33. The van der Waals surface area contributed by atoms with Crippen LogP contribution in [0.25, 0.3) is 0 Å². The summed E-state index contributed by atoms with van der Waals surface area (Å²) in [5.74, 6) is 0. The molecule has 3 heteroatoms. The van der Waals surface area contributed by atoms with Crippen LogP contribution in [0.4, 0.5) is 0 Å². The van der Waals surface area contributed by atoms with Crippen LogP contribution in [0.2, 0.25) is 0 Å². The van der Waals surface area contributed by atoms with Crippen LogP contribution >= 0.6 is 0 Å². The first-order valence-corrected chi connectivity index (χ1v) is 3.51. The molecule has 0 radical (unpaired) electrons. The van der Waals surface area contributed by atoms with Crippen LogP contribution < -0.4 is 5.73 Å². The highest BCUT2D eigenvalue weighted by Crippen LogP contribution is 2.22. The standard InChI is InChI=1S/C8H13NO2/c1-8(6-9,10-2)7-3-4-11-5-7/h3-5H,6,9H2,1-2H3. The van der Waals surface area contributed by atoms with Gasteiger partial charge in [0.05, 0.1) is 12.5 Å². The maximum atomic E-state index is 5.54. The van der Waals surface area contributed by atoms with E-state index in [1.54, 1.807) is 19.6 Å². The zero-order chi connectivity index (χ0) is 8.32. The van der Waals surface area contributed by atoms with E-state index in [-0.39, 0.29) is 0 Å². The van der Waals surface area contributed by atoms with Crippen molar-refractivity contribution in [3.8, 4) is 0 Å². The third kappa shape index (κ3) is 1.44. The lowest BCUT2D eigenvalue weighted by Gasteiger charge is -2.24. The van der Waals surface area contributed by atoms with Gasteiger partial charge in [-0.2, -0.15) is 0 Å². The van der Waals surface area contributed by atoms with Gasteiger partial charge in [0.2, 0.25) is 0 Å². The highest BCUT2D eigenvalue weighted by atomic mass is 16.5. The van der Waals surface area contributed by atoms with Crippen molar-refractivity contribution in [1.82, 2.24) is 0 Å². The fourth-order valence-electron chi connectivity index (χ4n) is 0.884. The van der Waals surface area contributed by atoms with E-state index >= 15 is 0 Å². The van der Waals surface area contributed by atoms with Crippen LogP contribution in [0.1, 0.15) is 12.5 Å². The predicted octanol–water partition coefficient (Wildman–Crippen LogP) is 1.10. The molecule has 0 bridgehead atoms. The van der Waals surface area contributed by atoms with Gasteiger partial charge in [0.1, 0.15) is 5.60 Å². The Bertz CT molecular complexity index is 202. The van der Waals surface area contributed by atoms with Crippen LogP contribution in [0.5, 0.6) is 0 Å². The predicted molar refractivity (Wildman–Crippen MR) is 42.1 cm³/mol. The zero-order valence-electron chi connectivity index (χ0n) is 6.83. The molecule has 62 valence electrons. The summed E-state index contributed by atoms with van der Waals surface area (Å²) in [6.07, 6.45) is 3.26. The topological polar surface area (TPSA) is 48.4 Å². The van der Waals surface area contributed by atoms with Crippen LogP contribution in [0.3, 0.4) is 0 Å². The molecule has 0 aromatic carbocycles. The summed E-state index contributed by atoms with van der Waals surface area (Å²) < 4.78 is 10.2. The van der Waals surface area contributed by atoms with E-state index in [0.29, 0.717) is 6.54 Å². The molecule has 1 heterocycles. The second-order valence-corrected chi connectivity index (χ2v) is 2.65. The zero-order valence-corrected chi connectivity index (χ0v) is 6.83. The van der Waals surface area contributed by atoms with Crippen LogP contribution in [0.15, 0.2) is 23.0 Å². The second kappa shape index (κ2) is 3.07. The van der Waals surface area contributed by atoms with Crippen molar-refractivity contribution < 1.29 is 9.15 Å². The van der Waals surface area contributed by atoms with E-state index in [9.17, 15) is 0 Å². The van der Waals surface area contributed by atoms with E-state index in [1.807, 2.05) is 13.0 Å². The summed E-state index contributed by atoms with van der Waals surface area (Å²) in [5.41, 5.74) is 6.11. The Morgan fingerprint density at radius 3 is 2.82 bits per heavy atom. The molecule has 0 aliphatic rings. The Morgan fingerprint density at radius 2 is 2.45 bits per heavy atom. The van der Waals surface area contributed by atoms with Crippen molar-refractivity contribution in [2.75, 3.05) is 13.7 Å². The van der Waals surface area contributed by atoms with E-state index in [2.05, 4.69) is 0 Å². The quantitative estimate of drug-likeness (QED) is 0.711. The van der Waals surface area contributed by atoms with Gasteiger partial charge in [-0.15, -0.1) is 0 Å². The summed E-state index contributed by atoms with van der Waals surface area (Å²) in [4.78, 5) is 0. The molecule has 1 aromatic heterocycles. The monoisotopic (exact) mass is 155 g/mol. The van der Waals surface area contributed by atoms with Crippen molar-refractivity contribution in [3.63, 3.8) is 0 Å². The molecule has 3 nitrogen and oxygen atoms in total. The van der Waals surface area contributed by atoms with Crippen LogP contribution in [-0.2, 0) is 10.3 Å². The summed E-state index contributed by atoms with van der Waals surface area (Å²) in [5, 5.41) is 0. The highest BCUT2D eigenvalue weighted by Gasteiger charge is 2.24. The van der Waals surface area contributed by atoms with Gasteiger partial charge in [0, 0.05) is 19.2 Å². The van der Waals surface area contributed by atoms with E-state index in [1.165, 1.54) is 0 Å².